The number of hydrogen-bond donors (Lipinski definition) is 0. The molecular weight excluding hydrogens is 304 g/mol. The number of Topliss-reactive ketones (excluding diaryl/α,β-unsaturated/α-hetero) is 1. The third-order valence-corrected chi connectivity index (χ3v) is 5.43. The van der Waals surface area contributed by atoms with Gasteiger partial charge in [-0.2, -0.15) is 0 Å². The quantitative estimate of drug-likeness (QED) is 0.614. The second-order valence-electron chi connectivity index (χ2n) is 4.58. The fourth-order valence-electron chi connectivity index (χ4n) is 2.24. The summed E-state index contributed by atoms with van der Waals surface area (Å²) in [5, 5.41) is 0. The van der Waals surface area contributed by atoms with Crippen molar-refractivity contribution in [3.63, 3.8) is 0 Å². The van der Waals surface area contributed by atoms with Crippen molar-refractivity contribution in [1.29, 1.82) is 0 Å². The molecule has 0 aromatic carbocycles. The molecule has 2 heterocycles. The predicted molar refractivity (Wildman–Crippen MR) is 89.9 cm³/mol. The van der Waals surface area contributed by atoms with Gasteiger partial charge in [-0.15, -0.1) is 23.5 Å². The molecule has 0 spiro atoms. The van der Waals surface area contributed by atoms with Crippen LogP contribution in [0.2, 0.25) is 0 Å². The van der Waals surface area contributed by atoms with Crippen LogP contribution >= 0.6 is 23.5 Å². The molecule has 2 rings (SSSR count). The molecule has 0 N–H and O–H groups in total. The van der Waals surface area contributed by atoms with Crippen LogP contribution in [-0.4, -0.2) is 35.7 Å². The van der Waals surface area contributed by atoms with E-state index in [0.717, 1.165) is 17.1 Å². The molecule has 0 unspecified atom stereocenters. The van der Waals surface area contributed by atoms with Gasteiger partial charge in [0.2, 0.25) is 5.78 Å². The fourth-order valence-corrected chi connectivity index (χ4v) is 3.68. The fraction of sp³-hybridized carbons (Fsp3) is 0.400. The standard InChI is InChI=1S/C15H18N2O2S2/c1-4-5-9-17-13-10(7-6-8-16-13)12(18)11(14(17)19)15(20-2)21-3/h6-8H,4-5,9H2,1-3H3. The van der Waals surface area contributed by atoms with E-state index in [9.17, 15) is 9.59 Å². The van der Waals surface area contributed by atoms with Crippen molar-refractivity contribution >= 4 is 41.0 Å². The lowest BCUT2D eigenvalue weighted by atomic mass is 9.99. The van der Waals surface area contributed by atoms with Gasteiger partial charge in [0.05, 0.1) is 9.80 Å². The number of rotatable bonds is 5. The Balaban J connectivity index is 2.58. The Morgan fingerprint density at radius 2 is 2.00 bits per heavy atom. The van der Waals surface area contributed by atoms with Gasteiger partial charge in [0.25, 0.3) is 5.91 Å². The third kappa shape index (κ3) is 3.01. The largest absolute Gasteiger partial charge is 0.292 e. The van der Waals surface area contributed by atoms with Gasteiger partial charge in [-0.1, -0.05) is 13.3 Å². The highest BCUT2D eigenvalue weighted by Crippen LogP contribution is 2.36. The highest BCUT2D eigenvalue weighted by molar-refractivity contribution is 8.21. The van der Waals surface area contributed by atoms with E-state index < -0.39 is 0 Å². The molecule has 1 aromatic heterocycles. The van der Waals surface area contributed by atoms with Gasteiger partial charge in [0.1, 0.15) is 11.4 Å². The highest BCUT2D eigenvalue weighted by Gasteiger charge is 2.37. The number of ketones is 1. The van der Waals surface area contributed by atoms with E-state index in [1.54, 1.807) is 23.2 Å². The van der Waals surface area contributed by atoms with Gasteiger partial charge >= 0.3 is 0 Å². The molecule has 1 amide bonds. The zero-order chi connectivity index (χ0) is 15.4. The van der Waals surface area contributed by atoms with Crippen LogP contribution in [0.3, 0.4) is 0 Å². The zero-order valence-corrected chi connectivity index (χ0v) is 14.0. The number of unbranched alkanes of at least 4 members (excludes halogenated alkanes) is 1. The summed E-state index contributed by atoms with van der Waals surface area (Å²) in [6.45, 7) is 2.66. The first-order valence-corrected chi connectivity index (χ1v) is 9.24. The molecule has 1 aliphatic rings. The minimum Gasteiger partial charge on any atom is -0.292 e. The van der Waals surface area contributed by atoms with Crippen molar-refractivity contribution in [3.8, 4) is 0 Å². The minimum absolute atomic E-state index is 0.213. The first-order valence-electron chi connectivity index (χ1n) is 6.79. The molecular formula is C15H18N2O2S2. The average molecular weight is 322 g/mol. The molecule has 0 aliphatic carbocycles. The normalized spacial score (nSPS) is 14.4. The zero-order valence-electron chi connectivity index (χ0n) is 12.4. The maximum Gasteiger partial charge on any atom is 0.265 e. The van der Waals surface area contributed by atoms with Crippen molar-refractivity contribution in [2.24, 2.45) is 0 Å². The number of anilines is 1. The lowest BCUT2D eigenvalue weighted by Crippen LogP contribution is -2.41. The summed E-state index contributed by atoms with van der Waals surface area (Å²) in [5.41, 5.74) is 0.801. The van der Waals surface area contributed by atoms with E-state index in [2.05, 4.69) is 11.9 Å². The van der Waals surface area contributed by atoms with E-state index in [-0.39, 0.29) is 17.3 Å². The van der Waals surface area contributed by atoms with Crippen LogP contribution in [0.5, 0.6) is 0 Å². The maximum atomic E-state index is 12.7. The Bertz CT molecular complexity index is 593. The second-order valence-corrected chi connectivity index (χ2v) is 6.48. The topological polar surface area (TPSA) is 50.3 Å². The van der Waals surface area contributed by atoms with Gasteiger partial charge in [0.15, 0.2) is 0 Å². The first-order chi connectivity index (χ1) is 10.2. The van der Waals surface area contributed by atoms with Crippen LogP contribution < -0.4 is 4.90 Å². The number of nitrogens with zero attached hydrogens (tertiary/aromatic N) is 2. The molecule has 0 atom stereocenters. The van der Waals surface area contributed by atoms with Gasteiger partial charge in [-0.05, 0) is 31.1 Å². The summed E-state index contributed by atoms with van der Waals surface area (Å²) in [4.78, 5) is 31.3. The summed E-state index contributed by atoms with van der Waals surface area (Å²) < 4.78 is 0.765. The lowest BCUT2D eigenvalue weighted by Gasteiger charge is -2.29. The number of pyridine rings is 1. The number of thioether (sulfide) groups is 2. The monoisotopic (exact) mass is 322 g/mol. The molecule has 6 heteroatoms. The average Bonchev–Trinajstić information content (AvgIpc) is 2.51. The van der Waals surface area contributed by atoms with Crippen molar-refractivity contribution in [1.82, 2.24) is 4.98 Å². The molecule has 0 fully saturated rings. The molecule has 21 heavy (non-hydrogen) atoms. The maximum absolute atomic E-state index is 12.7. The molecule has 112 valence electrons. The van der Waals surface area contributed by atoms with E-state index in [1.165, 1.54) is 23.5 Å². The van der Waals surface area contributed by atoms with Crippen molar-refractivity contribution in [3.05, 3.63) is 33.7 Å². The van der Waals surface area contributed by atoms with Gasteiger partial charge in [0, 0.05) is 12.7 Å². The van der Waals surface area contributed by atoms with E-state index >= 15 is 0 Å². The lowest BCUT2D eigenvalue weighted by molar-refractivity contribution is -0.115. The number of carbonyl (C=O) groups is 2. The molecule has 4 nitrogen and oxygen atoms in total. The molecule has 1 aliphatic heterocycles. The third-order valence-electron chi connectivity index (χ3n) is 3.28. The van der Waals surface area contributed by atoms with E-state index in [0.29, 0.717) is 17.9 Å². The summed E-state index contributed by atoms with van der Waals surface area (Å²) >= 11 is 2.88. The SMILES string of the molecule is CCCCN1C(=O)C(=C(SC)SC)C(=O)c2cccnc21. The van der Waals surface area contributed by atoms with Crippen LogP contribution in [0.4, 0.5) is 5.82 Å². The van der Waals surface area contributed by atoms with Crippen LogP contribution in [0.15, 0.2) is 28.1 Å². The first kappa shape index (κ1) is 16.1. The highest BCUT2D eigenvalue weighted by atomic mass is 32.2. The molecule has 0 bridgehead atoms. The number of amides is 1. The van der Waals surface area contributed by atoms with Crippen molar-refractivity contribution in [2.45, 2.75) is 19.8 Å². The van der Waals surface area contributed by atoms with Gasteiger partial charge in [-0.3, -0.25) is 14.5 Å². The van der Waals surface area contributed by atoms with E-state index in [4.69, 9.17) is 0 Å². The predicted octanol–water partition coefficient (Wildman–Crippen LogP) is 3.35. The molecule has 0 saturated heterocycles. The summed E-state index contributed by atoms with van der Waals surface area (Å²) in [5.74, 6) is 0.0548. The van der Waals surface area contributed by atoms with Gasteiger partial charge < -0.3 is 0 Å². The second kappa shape index (κ2) is 7.13. The number of hydrogen-bond acceptors (Lipinski definition) is 5. The van der Waals surface area contributed by atoms with Crippen LogP contribution in [0, 0.1) is 0 Å². The Morgan fingerprint density at radius 3 is 2.62 bits per heavy atom. The Morgan fingerprint density at radius 1 is 1.29 bits per heavy atom. The van der Waals surface area contributed by atoms with Gasteiger partial charge in [-0.25, -0.2) is 4.98 Å². The summed E-state index contributed by atoms with van der Waals surface area (Å²) in [6, 6.07) is 3.48. The number of aromatic nitrogens is 1. The smallest absolute Gasteiger partial charge is 0.265 e. The minimum atomic E-state index is -0.224. The Hall–Kier alpha value is -1.27. The van der Waals surface area contributed by atoms with Crippen molar-refractivity contribution < 1.29 is 9.59 Å². The van der Waals surface area contributed by atoms with Crippen molar-refractivity contribution in [2.75, 3.05) is 24.0 Å². The Labute approximate surface area is 133 Å². The van der Waals surface area contributed by atoms with Crippen LogP contribution in [0.1, 0.15) is 30.1 Å². The van der Waals surface area contributed by atoms with E-state index in [1.807, 2.05) is 12.5 Å². The Kier molecular flexibility index (Phi) is 5.47. The number of carbonyl (C=O) groups excluding carboxylic acids is 2. The molecule has 1 aromatic rings. The van der Waals surface area contributed by atoms with Crippen LogP contribution in [0.25, 0.3) is 0 Å². The molecule has 0 saturated carbocycles. The number of fused-ring (bicyclic) bond motifs is 1. The summed E-state index contributed by atoms with van der Waals surface area (Å²) in [7, 11) is 0. The van der Waals surface area contributed by atoms with Crippen LogP contribution in [-0.2, 0) is 4.79 Å². The summed E-state index contributed by atoms with van der Waals surface area (Å²) in [6.07, 6.45) is 7.26. The molecule has 0 radical (unpaired) electrons.